The van der Waals surface area contributed by atoms with Crippen LogP contribution in [0.2, 0.25) is 0 Å². The van der Waals surface area contributed by atoms with Gasteiger partial charge in [-0.05, 0) is 0 Å². The van der Waals surface area contributed by atoms with Crippen molar-refractivity contribution in [1.29, 1.82) is 0 Å². The number of nitrogens with one attached hydrogen (secondary N) is 2. The minimum absolute atomic E-state index is 0.218. The summed E-state index contributed by atoms with van der Waals surface area (Å²) in [4.78, 5) is 3.53. The third kappa shape index (κ3) is 3.27. The summed E-state index contributed by atoms with van der Waals surface area (Å²) in [5.41, 5.74) is 10.7. The molecule has 0 fully saturated rings. The van der Waals surface area contributed by atoms with Crippen molar-refractivity contribution < 1.29 is 4.42 Å². The summed E-state index contributed by atoms with van der Waals surface area (Å²) in [6, 6.07) is 0.218. The fourth-order valence-electron chi connectivity index (χ4n) is 0.529. The molecule has 0 saturated heterocycles. The van der Waals surface area contributed by atoms with E-state index in [0.29, 0.717) is 0 Å². The van der Waals surface area contributed by atoms with E-state index in [1.807, 2.05) is 12.3 Å². The summed E-state index contributed by atoms with van der Waals surface area (Å²) in [5, 5.41) is 0. The summed E-state index contributed by atoms with van der Waals surface area (Å²) in [5.74, 6) is 0. The fourth-order valence-corrected chi connectivity index (χ4v) is 0.529. The van der Waals surface area contributed by atoms with Gasteiger partial charge in [-0.25, -0.2) is 10.4 Å². The van der Waals surface area contributed by atoms with Crippen molar-refractivity contribution in [3.63, 3.8) is 0 Å². The Kier molecular flexibility index (Phi) is 3.01. The van der Waals surface area contributed by atoms with E-state index >= 15 is 0 Å². The maximum atomic E-state index is 5.00. The first-order valence-electron chi connectivity index (χ1n) is 3.18. The van der Waals surface area contributed by atoms with Gasteiger partial charge in [0.05, 0.1) is 6.20 Å². The Morgan fingerprint density at radius 2 is 2.55 bits per heavy atom. The zero-order chi connectivity index (χ0) is 7.94. The van der Waals surface area contributed by atoms with Gasteiger partial charge >= 0.3 is 0 Å². The third-order valence-electron chi connectivity index (χ3n) is 0.975. The Balaban J connectivity index is 0.000000112. The highest BCUT2D eigenvalue weighted by molar-refractivity contribution is 5.04. The summed E-state index contributed by atoms with van der Waals surface area (Å²) in [6.07, 6.45) is 6.81. The number of nitrogen functional groups attached to an aromatic ring is 1. The van der Waals surface area contributed by atoms with Crippen molar-refractivity contribution in [2.75, 3.05) is 12.3 Å². The summed E-state index contributed by atoms with van der Waals surface area (Å²) in [6.45, 7) is 0.958. The molecule has 1 aliphatic rings. The molecule has 0 spiro atoms. The highest BCUT2D eigenvalue weighted by Gasteiger charge is 1.79. The molecular weight excluding hydrogens is 144 g/mol. The zero-order valence-corrected chi connectivity index (χ0v) is 5.95. The van der Waals surface area contributed by atoms with Gasteiger partial charge in [-0.3, -0.25) is 0 Å². The minimum Gasteiger partial charge on any atom is -0.432 e. The Bertz CT molecular complexity index is 200. The average molecular weight is 154 g/mol. The molecule has 2 rings (SSSR count). The Hall–Kier alpha value is -1.49. The second-order valence-electron chi connectivity index (χ2n) is 1.80. The lowest BCUT2D eigenvalue weighted by atomic mass is 10.7. The van der Waals surface area contributed by atoms with Crippen LogP contribution in [0.15, 0.2) is 29.2 Å². The molecule has 4 N–H and O–H groups in total. The molecule has 0 saturated carbocycles. The molecule has 0 bridgehead atoms. The number of nitrogens with two attached hydrogens (primary N) is 1. The minimum atomic E-state index is 0.218. The monoisotopic (exact) mass is 154 g/mol. The molecule has 0 unspecified atom stereocenters. The maximum Gasteiger partial charge on any atom is 0.291 e. The van der Waals surface area contributed by atoms with Gasteiger partial charge in [0.25, 0.3) is 6.01 Å². The van der Waals surface area contributed by atoms with Crippen molar-refractivity contribution in [3.8, 4) is 0 Å². The topological polar surface area (TPSA) is 76.1 Å². The van der Waals surface area contributed by atoms with Crippen molar-refractivity contribution in [3.05, 3.63) is 24.7 Å². The van der Waals surface area contributed by atoms with Crippen LogP contribution in [0.1, 0.15) is 0 Å². The molecule has 1 aromatic rings. The SMILES string of the molecule is C1=CNNC1.Nc1ncco1. The highest BCUT2D eigenvalue weighted by Crippen LogP contribution is 1.90. The molecule has 0 aliphatic carbocycles. The summed E-state index contributed by atoms with van der Waals surface area (Å²) >= 11 is 0. The predicted octanol–water partition coefficient (Wildman–Crippen LogP) is -0.135. The van der Waals surface area contributed by atoms with Gasteiger partial charge in [-0.2, -0.15) is 0 Å². The van der Waals surface area contributed by atoms with E-state index < -0.39 is 0 Å². The van der Waals surface area contributed by atoms with Gasteiger partial charge in [0, 0.05) is 12.7 Å². The summed E-state index contributed by atoms with van der Waals surface area (Å²) < 4.78 is 4.50. The van der Waals surface area contributed by atoms with E-state index in [9.17, 15) is 0 Å². The van der Waals surface area contributed by atoms with Crippen LogP contribution in [0, 0.1) is 0 Å². The van der Waals surface area contributed by atoms with Gasteiger partial charge in [0.1, 0.15) is 6.26 Å². The normalized spacial score (nSPS) is 13.5. The van der Waals surface area contributed by atoms with E-state index in [0.717, 1.165) is 6.54 Å². The molecule has 5 heteroatoms. The van der Waals surface area contributed by atoms with Gasteiger partial charge in [-0.1, -0.05) is 6.08 Å². The molecular formula is C6H10N4O. The van der Waals surface area contributed by atoms with Gasteiger partial charge < -0.3 is 15.6 Å². The largest absolute Gasteiger partial charge is 0.432 e. The lowest BCUT2D eigenvalue weighted by Gasteiger charge is -1.83. The lowest BCUT2D eigenvalue weighted by molar-refractivity contribution is 0.580. The number of oxazole rings is 1. The van der Waals surface area contributed by atoms with E-state index in [-0.39, 0.29) is 6.01 Å². The standard InChI is InChI=1S/C3H4N2O.C3H6N2/c4-3-5-1-2-6-3;1-2-4-5-3-1/h1-2H,(H2,4,5);1-2,4-5H,3H2. The number of rotatable bonds is 0. The van der Waals surface area contributed by atoms with Crippen molar-refractivity contribution >= 4 is 6.01 Å². The van der Waals surface area contributed by atoms with Crippen molar-refractivity contribution in [1.82, 2.24) is 15.8 Å². The van der Waals surface area contributed by atoms with E-state index in [1.54, 1.807) is 0 Å². The average Bonchev–Trinajstić information content (AvgIpc) is 2.57. The first-order valence-corrected chi connectivity index (χ1v) is 3.18. The molecule has 5 nitrogen and oxygen atoms in total. The Morgan fingerprint density at radius 1 is 1.64 bits per heavy atom. The Morgan fingerprint density at radius 3 is 2.73 bits per heavy atom. The highest BCUT2D eigenvalue weighted by atomic mass is 16.3. The molecule has 0 radical (unpaired) electrons. The van der Waals surface area contributed by atoms with E-state index in [2.05, 4.69) is 20.3 Å². The number of hydrazine groups is 1. The number of hydrogen-bond donors (Lipinski definition) is 3. The number of aromatic nitrogens is 1. The second-order valence-corrected chi connectivity index (χ2v) is 1.80. The molecule has 1 aromatic heterocycles. The lowest BCUT2D eigenvalue weighted by Crippen LogP contribution is -2.19. The van der Waals surface area contributed by atoms with Crippen LogP contribution >= 0.6 is 0 Å². The molecule has 2 heterocycles. The van der Waals surface area contributed by atoms with Crippen LogP contribution in [0.3, 0.4) is 0 Å². The number of nitrogens with zero attached hydrogens (tertiary/aromatic N) is 1. The summed E-state index contributed by atoms with van der Waals surface area (Å²) in [7, 11) is 0. The molecule has 0 aromatic carbocycles. The van der Waals surface area contributed by atoms with Crippen molar-refractivity contribution in [2.24, 2.45) is 0 Å². The van der Waals surface area contributed by atoms with Crippen LogP contribution in [0.5, 0.6) is 0 Å². The van der Waals surface area contributed by atoms with Crippen LogP contribution in [-0.4, -0.2) is 11.5 Å². The second kappa shape index (κ2) is 4.35. The first kappa shape index (κ1) is 7.62. The third-order valence-corrected chi connectivity index (χ3v) is 0.975. The molecule has 0 amide bonds. The van der Waals surface area contributed by atoms with Gasteiger partial charge in [0.15, 0.2) is 0 Å². The molecule has 11 heavy (non-hydrogen) atoms. The molecule has 60 valence electrons. The van der Waals surface area contributed by atoms with Crippen molar-refractivity contribution in [2.45, 2.75) is 0 Å². The number of anilines is 1. The smallest absolute Gasteiger partial charge is 0.291 e. The van der Waals surface area contributed by atoms with Gasteiger partial charge in [0.2, 0.25) is 0 Å². The maximum absolute atomic E-state index is 5.00. The van der Waals surface area contributed by atoms with Crippen LogP contribution in [0.4, 0.5) is 6.01 Å². The number of hydrogen-bond acceptors (Lipinski definition) is 5. The van der Waals surface area contributed by atoms with E-state index in [4.69, 9.17) is 5.73 Å². The van der Waals surface area contributed by atoms with Crippen LogP contribution in [-0.2, 0) is 0 Å². The Labute approximate surface area is 64.3 Å². The first-order chi connectivity index (χ1) is 5.39. The zero-order valence-electron chi connectivity index (χ0n) is 5.95. The van der Waals surface area contributed by atoms with Crippen LogP contribution < -0.4 is 16.6 Å². The van der Waals surface area contributed by atoms with E-state index in [1.165, 1.54) is 12.5 Å². The van der Waals surface area contributed by atoms with Gasteiger partial charge in [-0.15, -0.1) is 0 Å². The molecule has 1 aliphatic heterocycles. The quantitative estimate of drug-likeness (QED) is 0.485. The molecule has 0 atom stereocenters. The fraction of sp³-hybridized carbons (Fsp3) is 0.167. The predicted molar refractivity (Wildman–Crippen MR) is 41.2 cm³/mol. The van der Waals surface area contributed by atoms with Crippen LogP contribution in [0.25, 0.3) is 0 Å².